The van der Waals surface area contributed by atoms with Crippen molar-refractivity contribution < 1.29 is 85.6 Å². The summed E-state index contributed by atoms with van der Waals surface area (Å²) in [7, 11) is -17.6. The lowest BCUT2D eigenvalue weighted by Gasteiger charge is -2.36. The largest absolute Gasteiger partial charge is 0.790 e. The Morgan fingerprint density at radius 2 is 1.21 bits per heavy atom. The van der Waals surface area contributed by atoms with E-state index < -0.39 is 84.6 Å². The molecule has 0 bridgehead atoms. The van der Waals surface area contributed by atoms with Crippen LogP contribution in [0, 0.1) is 5.41 Å². The van der Waals surface area contributed by atoms with Crippen LogP contribution in [-0.4, -0.2) is 115 Å². The van der Waals surface area contributed by atoms with Gasteiger partial charge in [0.15, 0.2) is 22.8 Å². The third-order valence-electron chi connectivity index (χ3n) is 13.8. The van der Waals surface area contributed by atoms with Gasteiger partial charge in [0.25, 0.3) is 15.6 Å². The molecule has 1 saturated heterocycles. The minimum absolute atomic E-state index is 0.0181. The molecule has 2 aromatic heterocycles. The van der Waals surface area contributed by atoms with Crippen LogP contribution in [0.2, 0.25) is 0 Å². The van der Waals surface area contributed by atoms with Crippen molar-refractivity contribution in [1.29, 1.82) is 0 Å². The molecule has 0 spiro atoms. The van der Waals surface area contributed by atoms with E-state index in [1.54, 1.807) is 0 Å². The van der Waals surface area contributed by atoms with Gasteiger partial charge in [-0.05, 0) is 12.8 Å². The number of nitrogen functional groups attached to an aromatic ring is 1. The number of thioether (sulfide) groups is 1. The molecule has 0 aliphatic carbocycles. The third kappa shape index (κ3) is 30.4. The Morgan fingerprint density at radius 3 is 1.71 bits per heavy atom. The highest BCUT2D eigenvalue weighted by molar-refractivity contribution is 8.13. The molecule has 0 aromatic carbocycles. The number of unbranched alkanes of at least 4 members (excludes halogenated alkanes) is 26. The van der Waals surface area contributed by atoms with E-state index in [1.807, 2.05) is 0 Å². The minimum Gasteiger partial charge on any atom is -0.790 e. The lowest BCUT2D eigenvalue weighted by molar-refractivity contribution is -0.347. The molecular weight excluding hydrogens is 1120 g/mol. The zero-order valence-electron chi connectivity index (χ0n) is 46.9. The van der Waals surface area contributed by atoms with E-state index in [9.17, 15) is 57.9 Å². The van der Waals surface area contributed by atoms with E-state index in [1.165, 1.54) is 162 Å². The zero-order valence-corrected chi connectivity index (χ0v) is 50.4. The Bertz CT molecular complexity index is 2230. The van der Waals surface area contributed by atoms with E-state index in [4.69, 9.17) is 15.6 Å². The van der Waals surface area contributed by atoms with Gasteiger partial charge >= 0.3 is 0 Å². The standard InChI is InChI=1S/C51H94N7O18P3S/c1-51(2,37-73-79(70,71)76-78(68,69)72-36-40-45(75-77(65,66)67)44(62)50(74-40)58-39-57-43-47(52)55-38-56-48(43)58)46(63)49(64)54-32-31-41(60)53-33-35-80-42(61)30-28-26-24-22-20-18-16-14-12-10-8-6-4-3-5-7-9-11-13-15-17-19-21-23-25-27-29-34-59/h38-40,44-46,50,59,62-63H,3-37H2,1-2H3,(H,53,60)(H,54,64)(H,68,69)(H,70,71)(H2,52,55,56)(H2,65,66,67)/p-4/t40-,44-,45-,46+,50-/m1/s1. The van der Waals surface area contributed by atoms with Gasteiger partial charge < -0.3 is 74.1 Å². The number of carbonyl (C=O) groups excluding carboxylic acids is 3. The zero-order chi connectivity index (χ0) is 58.9. The van der Waals surface area contributed by atoms with Crippen molar-refractivity contribution in [3.8, 4) is 0 Å². The van der Waals surface area contributed by atoms with Crippen LogP contribution in [0.5, 0.6) is 0 Å². The van der Waals surface area contributed by atoms with E-state index >= 15 is 0 Å². The minimum atomic E-state index is -5.92. The lowest BCUT2D eigenvalue weighted by Crippen LogP contribution is -2.46. The van der Waals surface area contributed by atoms with Gasteiger partial charge in [-0.1, -0.05) is 186 Å². The molecule has 3 heterocycles. The Kier molecular flexibility index (Phi) is 35.2. The molecule has 7 atom stereocenters. The summed E-state index contributed by atoms with van der Waals surface area (Å²) in [6, 6.07) is 0. The van der Waals surface area contributed by atoms with Gasteiger partial charge in [0.1, 0.15) is 36.3 Å². The maximum absolute atomic E-state index is 12.7. The number of nitrogens with one attached hydrogen (secondary N) is 2. The number of rotatable bonds is 48. The van der Waals surface area contributed by atoms with Gasteiger partial charge in [-0.15, -0.1) is 0 Å². The van der Waals surface area contributed by atoms with Gasteiger partial charge in [-0.2, -0.15) is 0 Å². The third-order valence-corrected chi connectivity index (χ3v) is 17.7. The maximum atomic E-state index is 12.7. The summed E-state index contributed by atoms with van der Waals surface area (Å²) in [6.07, 6.45) is 27.5. The molecule has 29 heteroatoms. The smallest absolute Gasteiger partial charge is 0.274 e. The van der Waals surface area contributed by atoms with E-state index in [0.717, 1.165) is 54.7 Å². The highest BCUT2D eigenvalue weighted by Crippen LogP contribution is 2.56. The summed E-state index contributed by atoms with van der Waals surface area (Å²) < 4.78 is 61.0. The number of phosphoric acid groups is 3. The molecule has 462 valence electrons. The first kappa shape index (κ1) is 71.8. The van der Waals surface area contributed by atoms with Crippen molar-refractivity contribution in [2.24, 2.45) is 5.41 Å². The second-order valence-electron chi connectivity index (χ2n) is 21.2. The number of fused-ring (bicyclic) bond motifs is 1. The maximum Gasteiger partial charge on any atom is 0.274 e. The number of hydrogen-bond donors (Lipinski definition) is 6. The molecule has 7 N–H and O–H groups in total. The van der Waals surface area contributed by atoms with E-state index in [2.05, 4.69) is 43.5 Å². The number of hydrogen-bond acceptors (Lipinski definition) is 23. The van der Waals surface area contributed by atoms with Crippen LogP contribution in [0.3, 0.4) is 0 Å². The summed E-state index contributed by atoms with van der Waals surface area (Å²) in [5.41, 5.74) is 4.10. The molecule has 1 aliphatic heterocycles. The molecule has 25 nitrogen and oxygen atoms in total. The van der Waals surface area contributed by atoms with E-state index in [0.29, 0.717) is 18.8 Å². The highest BCUT2D eigenvalue weighted by Gasteiger charge is 2.47. The van der Waals surface area contributed by atoms with Crippen LogP contribution in [0.15, 0.2) is 12.7 Å². The molecule has 2 aromatic rings. The number of imidazole rings is 1. The molecule has 1 fully saturated rings. The Balaban J connectivity index is 1.15. The number of ether oxygens (including phenoxy) is 1. The number of anilines is 1. The SMILES string of the molecule is CC(C)(COP(=O)([O-])OP(=O)([O-])OC[C@H]1O[C@@H](n2cnc3c(N)ncnc32)[C@H](O)[C@@H]1OP(=O)([O-])[O-])[C@@H](O)C(=O)NCCC(=O)NCCSC(=O)CCCCCCCCCCCCCCCCCCCCCCCCCCCCCO. The number of aliphatic hydroxyl groups excluding tert-OH is 3. The summed E-state index contributed by atoms with van der Waals surface area (Å²) >= 11 is 1.15. The normalized spacial score (nSPS) is 18.8. The fraction of sp³-hybridized carbons (Fsp3) is 0.843. The molecule has 2 unspecified atom stereocenters. The van der Waals surface area contributed by atoms with Gasteiger partial charge in [0.05, 0.1) is 27.4 Å². The molecule has 0 radical (unpaired) electrons. The van der Waals surface area contributed by atoms with Gasteiger partial charge in [-0.3, -0.25) is 28.1 Å². The van der Waals surface area contributed by atoms with Gasteiger partial charge in [0.2, 0.25) is 11.8 Å². The number of aliphatic hydroxyl groups is 3. The lowest BCUT2D eigenvalue weighted by atomic mass is 9.87. The number of carbonyl (C=O) groups is 3. The van der Waals surface area contributed by atoms with Crippen LogP contribution in [0.1, 0.15) is 206 Å². The Morgan fingerprint density at radius 1 is 0.725 bits per heavy atom. The number of nitrogens with zero attached hydrogens (tertiary/aromatic N) is 4. The van der Waals surface area contributed by atoms with Crippen molar-refractivity contribution in [3.05, 3.63) is 12.7 Å². The number of phosphoric ester groups is 3. The van der Waals surface area contributed by atoms with Crippen molar-refractivity contribution in [3.63, 3.8) is 0 Å². The first-order valence-electron chi connectivity index (χ1n) is 28.6. The molecule has 0 saturated carbocycles. The van der Waals surface area contributed by atoms with Crippen LogP contribution < -0.4 is 35.9 Å². The second-order valence-corrected chi connectivity index (χ2v) is 26.4. The summed E-state index contributed by atoms with van der Waals surface area (Å²) in [5.74, 6) is -1.13. The summed E-state index contributed by atoms with van der Waals surface area (Å²) in [6.45, 7) is 0.515. The number of amides is 2. The first-order chi connectivity index (χ1) is 38.1. The first-order valence-corrected chi connectivity index (χ1v) is 34.0. The fourth-order valence-electron chi connectivity index (χ4n) is 9.14. The summed E-state index contributed by atoms with van der Waals surface area (Å²) in [4.78, 5) is 97.3. The predicted octanol–water partition coefficient (Wildman–Crippen LogP) is 6.05. The van der Waals surface area contributed by atoms with Crippen molar-refractivity contribution in [2.75, 3.05) is 44.4 Å². The molecule has 80 heavy (non-hydrogen) atoms. The second kappa shape index (κ2) is 39.2. The van der Waals surface area contributed by atoms with Gasteiger partial charge in [0, 0.05) is 43.7 Å². The van der Waals surface area contributed by atoms with Crippen LogP contribution in [-0.2, 0) is 50.7 Å². The van der Waals surface area contributed by atoms with Crippen LogP contribution in [0.4, 0.5) is 5.82 Å². The highest BCUT2D eigenvalue weighted by atomic mass is 32.2. The van der Waals surface area contributed by atoms with Crippen molar-refractivity contribution in [1.82, 2.24) is 30.2 Å². The van der Waals surface area contributed by atoms with E-state index in [-0.39, 0.29) is 41.6 Å². The topological polar surface area (TPSA) is 395 Å². The monoisotopic (exact) mass is 1210 g/mol. The molecular formula is C51H90N7O18P3S-4. The quantitative estimate of drug-likeness (QED) is 0.0324. The fourth-order valence-corrected chi connectivity index (χ4v) is 12.6. The van der Waals surface area contributed by atoms with Crippen LogP contribution >= 0.6 is 35.2 Å². The van der Waals surface area contributed by atoms with Crippen molar-refractivity contribution >= 4 is 69.1 Å². The number of nitrogens with two attached hydrogens (primary N) is 1. The van der Waals surface area contributed by atoms with Crippen molar-refractivity contribution in [2.45, 2.75) is 231 Å². The predicted molar refractivity (Wildman–Crippen MR) is 295 cm³/mol. The average molecular weight is 1210 g/mol. The Hall–Kier alpha value is -2.48. The molecule has 1 aliphatic rings. The molecule has 3 rings (SSSR count). The average Bonchev–Trinajstić information content (AvgIpc) is 4.18. The molecule has 2 amide bonds. The number of aromatic nitrogens is 4. The summed E-state index contributed by atoms with van der Waals surface area (Å²) in [5, 5.41) is 35.4. The Labute approximate surface area is 476 Å². The van der Waals surface area contributed by atoms with Crippen LogP contribution in [0.25, 0.3) is 11.2 Å². The van der Waals surface area contributed by atoms with Gasteiger partial charge in [-0.25, -0.2) is 19.3 Å².